The number of fused-ring (bicyclic) bond motifs is 1. The van der Waals surface area contributed by atoms with Crippen LogP contribution in [0.1, 0.15) is 41.8 Å². The number of amides is 1. The summed E-state index contributed by atoms with van der Waals surface area (Å²) in [4.78, 5) is 30.2. The van der Waals surface area contributed by atoms with Crippen molar-refractivity contribution in [2.45, 2.75) is 25.9 Å². The van der Waals surface area contributed by atoms with Crippen LogP contribution in [0.3, 0.4) is 0 Å². The Morgan fingerprint density at radius 1 is 1.16 bits per heavy atom. The van der Waals surface area contributed by atoms with Gasteiger partial charge in [-0.3, -0.25) is 9.59 Å². The fourth-order valence-corrected chi connectivity index (χ4v) is 5.08. The van der Waals surface area contributed by atoms with Crippen LogP contribution in [0.4, 0.5) is 10.2 Å². The lowest BCUT2D eigenvalue weighted by Crippen LogP contribution is -2.38. The Bertz CT molecular complexity index is 1510. The number of Topliss-reactive ketones (excluding diaryl/α,β-unsaturated/α-hetero) is 1. The lowest BCUT2D eigenvalue weighted by molar-refractivity contribution is -0.120. The van der Waals surface area contributed by atoms with E-state index in [1.54, 1.807) is 36.4 Å². The number of ether oxygens (including phenoxy) is 1. The molecule has 1 saturated heterocycles. The number of nitrogens with two attached hydrogens (primary N) is 1. The number of benzene rings is 2. The first-order chi connectivity index (χ1) is 17.7. The summed E-state index contributed by atoms with van der Waals surface area (Å²) in [7, 11) is 0. The highest BCUT2D eigenvalue weighted by atomic mass is 35.5. The van der Waals surface area contributed by atoms with Crippen molar-refractivity contribution in [2.24, 2.45) is 0 Å². The summed E-state index contributed by atoms with van der Waals surface area (Å²) in [5.41, 5.74) is 8.80. The predicted molar refractivity (Wildman–Crippen MR) is 139 cm³/mol. The number of halogens is 3. The average Bonchev–Trinajstić information content (AvgIpc) is 3.33. The van der Waals surface area contributed by atoms with Gasteiger partial charge in [0.15, 0.2) is 11.4 Å². The van der Waals surface area contributed by atoms with Gasteiger partial charge in [-0.05, 0) is 36.8 Å². The first-order valence-corrected chi connectivity index (χ1v) is 12.4. The first-order valence-electron chi connectivity index (χ1n) is 11.6. The summed E-state index contributed by atoms with van der Waals surface area (Å²) in [6.45, 7) is 2.54. The molecule has 0 spiro atoms. The summed E-state index contributed by atoms with van der Waals surface area (Å²) >= 11 is 12.4. The van der Waals surface area contributed by atoms with Crippen molar-refractivity contribution in [3.8, 4) is 16.9 Å². The molecule has 37 heavy (non-hydrogen) atoms. The number of ketones is 1. The second-order valence-corrected chi connectivity index (χ2v) is 9.58. The SMILES string of the molecule is C[C@@H](Oc1c(N)ncc2c(-c3ccc(C(=O)N4CCC(=O)CC4)cc3)coc12)c1c(Cl)ccc(F)c1Cl. The smallest absolute Gasteiger partial charge is 0.253 e. The fourth-order valence-electron chi connectivity index (χ4n) is 4.40. The maximum Gasteiger partial charge on any atom is 0.253 e. The van der Waals surface area contributed by atoms with E-state index in [9.17, 15) is 14.0 Å². The summed E-state index contributed by atoms with van der Waals surface area (Å²) < 4.78 is 25.9. The number of nitrogen functional groups attached to an aromatic ring is 1. The maximum atomic E-state index is 14.0. The van der Waals surface area contributed by atoms with Crippen LogP contribution < -0.4 is 10.5 Å². The predicted octanol–water partition coefficient (Wildman–Crippen LogP) is 6.47. The monoisotopic (exact) mass is 541 g/mol. The molecule has 2 N–H and O–H groups in total. The van der Waals surface area contributed by atoms with Crippen LogP contribution >= 0.6 is 23.2 Å². The highest BCUT2D eigenvalue weighted by Crippen LogP contribution is 2.41. The van der Waals surface area contributed by atoms with Crippen LogP contribution in [-0.2, 0) is 4.79 Å². The van der Waals surface area contributed by atoms with Gasteiger partial charge in [-0.15, -0.1) is 0 Å². The van der Waals surface area contributed by atoms with Crippen LogP contribution in [0.15, 0.2) is 53.3 Å². The van der Waals surface area contributed by atoms with Crippen molar-refractivity contribution in [3.05, 3.63) is 75.8 Å². The number of furan rings is 1. The van der Waals surface area contributed by atoms with Gasteiger partial charge >= 0.3 is 0 Å². The van der Waals surface area contributed by atoms with E-state index in [1.807, 2.05) is 12.1 Å². The fraction of sp³-hybridized carbons (Fsp3) is 0.222. The van der Waals surface area contributed by atoms with E-state index >= 15 is 0 Å². The second-order valence-electron chi connectivity index (χ2n) is 8.79. The Balaban J connectivity index is 1.43. The van der Waals surface area contributed by atoms with Crippen molar-refractivity contribution in [3.63, 3.8) is 0 Å². The van der Waals surface area contributed by atoms with E-state index in [2.05, 4.69) is 4.98 Å². The van der Waals surface area contributed by atoms with Gasteiger partial charge < -0.3 is 19.8 Å². The van der Waals surface area contributed by atoms with Gasteiger partial charge in [0, 0.05) is 53.8 Å². The van der Waals surface area contributed by atoms with Crippen LogP contribution in [0.5, 0.6) is 5.75 Å². The minimum Gasteiger partial charge on any atom is -0.478 e. The maximum absolute atomic E-state index is 14.0. The third-order valence-electron chi connectivity index (χ3n) is 6.43. The molecule has 1 aliphatic heterocycles. The standard InChI is InChI=1S/C27H22Cl2FN3O4/c1-14(22-20(28)6-7-21(30)23(22)29)37-25-24-18(12-32-26(25)31)19(13-36-24)15-2-4-16(5-3-15)27(35)33-10-8-17(34)9-11-33/h2-7,12-14H,8-11H2,1H3,(H2,31,32)/t14-/m1/s1. The molecule has 1 fully saturated rings. The van der Waals surface area contributed by atoms with Crippen molar-refractivity contribution in [1.29, 1.82) is 0 Å². The second kappa shape index (κ2) is 10.0. The third kappa shape index (κ3) is 4.74. The van der Waals surface area contributed by atoms with Gasteiger partial charge in [0.1, 0.15) is 17.7 Å². The first kappa shape index (κ1) is 25.0. The zero-order chi connectivity index (χ0) is 26.3. The number of carbonyl (C=O) groups is 2. The van der Waals surface area contributed by atoms with Crippen molar-refractivity contribution >= 4 is 51.7 Å². The number of hydrogen-bond acceptors (Lipinski definition) is 6. The molecule has 3 heterocycles. The molecule has 5 rings (SSSR count). The zero-order valence-electron chi connectivity index (χ0n) is 19.8. The third-order valence-corrected chi connectivity index (χ3v) is 7.15. The molecule has 2 aromatic heterocycles. The molecule has 0 unspecified atom stereocenters. The Labute approximate surface area is 221 Å². The summed E-state index contributed by atoms with van der Waals surface area (Å²) in [5, 5.41) is 0.759. The van der Waals surface area contributed by atoms with Crippen LogP contribution in [0, 0.1) is 5.82 Å². The highest BCUT2D eigenvalue weighted by molar-refractivity contribution is 6.36. The van der Waals surface area contributed by atoms with Crippen molar-refractivity contribution < 1.29 is 23.1 Å². The molecule has 0 radical (unpaired) electrons. The molecule has 1 amide bonds. The minimum atomic E-state index is -0.755. The van der Waals surface area contributed by atoms with Crippen LogP contribution in [0.2, 0.25) is 10.0 Å². The van der Waals surface area contributed by atoms with E-state index in [1.165, 1.54) is 12.1 Å². The summed E-state index contributed by atoms with van der Waals surface area (Å²) in [5.74, 6) is -0.272. The lowest BCUT2D eigenvalue weighted by Gasteiger charge is -2.26. The molecular formula is C27H22Cl2FN3O4. The minimum absolute atomic E-state index is 0.0878. The van der Waals surface area contributed by atoms with Gasteiger partial charge in [-0.2, -0.15) is 0 Å². The van der Waals surface area contributed by atoms with Gasteiger partial charge in [0.2, 0.25) is 5.75 Å². The number of piperidine rings is 1. The Kier molecular flexibility index (Phi) is 6.79. The van der Waals surface area contributed by atoms with Gasteiger partial charge in [0.25, 0.3) is 5.91 Å². The molecule has 0 saturated carbocycles. The van der Waals surface area contributed by atoms with E-state index in [-0.39, 0.29) is 38.9 Å². The molecule has 190 valence electrons. The van der Waals surface area contributed by atoms with Gasteiger partial charge in [-0.25, -0.2) is 9.37 Å². The van der Waals surface area contributed by atoms with Crippen LogP contribution in [0.25, 0.3) is 22.1 Å². The molecule has 0 aliphatic carbocycles. The van der Waals surface area contributed by atoms with Crippen LogP contribution in [-0.4, -0.2) is 34.7 Å². The summed E-state index contributed by atoms with van der Waals surface area (Å²) in [6.07, 6.45) is 3.16. The molecule has 1 aliphatic rings. The van der Waals surface area contributed by atoms with E-state index in [0.29, 0.717) is 42.5 Å². The molecule has 0 bridgehead atoms. The quantitative estimate of drug-likeness (QED) is 0.291. The summed E-state index contributed by atoms with van der Waals surface area (Å²) in [6, 6.07) is 9.71. The highest BCUT2D eigenvalue weighted by Gasteiger charge is 2.24. The van der Waals surface area contributed by atoms with Gasteiger partial charge in [0.05, 0.1) is 16.7 Å². The number of pyridine rings is 1. The van der Waals surface area contributed by atoms with Crippen molar-refractivity contribution in [1.82, 2.24) is 9.88 Å². The number of rotatable bonds is 5. The number of carbonyl (C=O) groups excluding carboxylic acids is 2. The number of aromatic nitrogens is 1. The normalized spacial score (nSPS) is 14.7. The molecule has 7 nitrogen and oxygen atoms in total. The molecule has 2 aromatic carbocycles. The molecular weight excluding hydrogens is 520 g/mol. The lowest BCUT2D eigenvalue weighted by atomic mass is 10.0. The average molecular weight is 542 g/mol. The van der Waals surface area contributed by atoms with Gasteiger partial charge in [-0.1, -0.05) is 35.3 Å². The Morgan fingerprint density at radius 3 is 2.57 bits per heavy atom. The van der Waals surface area contributed by atoms with Crippen molar-refractivity contribution in [2.75, 3.05) is 18.8 Å². The zero-order valence-corrected chi connectivity index (χ0v) is 21.3. The Morgan fingerprint density at radius 2 is 1.86 bits per heavy atom. The topological polar surface area (TPSA) is 98.7 Å². The van der Waals surface area contributed by atoms with E-state index in [4.69, 9.17) is 38.1 Å². The number of hydrogen-bond donors (Lipinski definition) is 1. The van der Waals surface area contributed by atoms with E-state index in [0.717, 1.165) is 11.1 Å². The molecule has 10 heteroatoms. The Hall–Kier alpha value is -3.62. The molecule has 4 aromatic rings. The number of anilines is 1. The van der Waals surface area contributed by atoms with E-state index < -0.39 is 11.9 Å². The number of nitrogens with zero attached hydrogens (tertiary/aromatic N) is 2. The molecule has 1 atom stereocenters. The largest absolute Gasteiger partial charge is 0.478 e. The number of likely N-dealkylation sites (tertiary alicyclic amines) is 1.